The van der Waals surface area contributed by atoms with Crippen LogP contribution in [0.3, 0.4) is 0 Å². The third kappa shape index (κ3) is 4.39. The fourth-order valence-corrected chi connectivity index (χ4v) is 2.26. The Morgan fingerprint density at radius 3 is 2.35 bits per heavy atom. The van der Waals surface area contributed by atoms with Crippen molar-refractivity contribution in [3.8, 4) is 17.2 Å². The largest absolute Gasteiger partial charge is 0.493 e. The predicted molar refractivity (Wildman–Crippen MR) is 92.5 cm³/mol. The van der Waals surface area contributed by atoms with Gasteiger partial charge in [0.15, 0.2) is 18.1 Å². The maximum absolute atomic E-state index is 12.1. The molecule has 0 unspecified atom stereocenters. The molecule has 0 atom stereocenters. The topological polar surface area (TPSA) is 56.8 Å². The van der Waals surface area contributed by atoms with E-state index < -0.39 is 0 Å². The van der Waals surface area contributed by atoms with Gasteiger partial charge in [-0.05, 0) is 42.8 Å². The van der Waals surface area contributed by atoms with E-state index in [1.165, 1.54) is 14.2 Å². The zero-order chi connectivity index (χ0) is 16.8. The number of nitrogens with one attached hydrogen (secondary N) is 1. The normalized spacial score (nSPS) is 10.1. The Hall–Kier alpha value is -2.21. The standard InChI is InChI=1S/C17H18BrNO4/c1-11-9-12(7-8-13(11)18)19-16(20)10-23-17-14(21-2)5-4-6-15(17)22-3/h4-9H,10H2,1-3H3,(H,19,20). The van der Waals surface area contributed by atoms with Crippen LogP contribution >= 0.6 is 15.9 Å². The smallest absolute Gasteiger partial charge is 0.262 e. The molecule has 2 aromatic rings. The van der Waals surface area contributed by atoms with Crippen molar-refractivity contribution < 1.29 is 19.0 Å². The zero-order valence-corrected chi connectivity index (χ0v) is 14.8. The second-order valence-electron chi connectivity index (χ2n) is 4.79. The predicted octanol–water partition coefficient (Wildman–Crippen LogP) is 3.79. The molecule has 0 aliphatic carbocycles. The highest BCUT2D eigenvalue weighted by Crippen LogP contribution is 2.36. The number of para-hydroxylation sites is 1. The van der Waals surface area contributed by atoms with Crippen LogP contribution in [-0.4, -0.2) is 26.7 Å². The molecule has 0 bridgehead atoms. The summed E-state index contributed by atoms with van der Waals surface area (Å²) in [5.41, 5.74) is 1.75. The first kappa shape index (κ1) is 17.1. The lowest BCUT2D eigenvalue weighted by Crippen LogP contribution is -2.20. The van der Waals surface area contributed by atoms with Gasteiger partial charge < -0.3 is 19.5 Å². The average molecular weight is 380 g/mol. The molecule has 0 spiro atoms. The highest BCUT2D eigenvalue weighted by Gasteiger charge is 2.13. The van der Waals surface area contributed by atoms with Gasteiger partial charge in [-0.2, -0.15) is 0 Å². The van der Waals surface area contributed by atoms with Gasteiger partial charge in [0.2, 0.25) is 5.75 Å². The van der Waals surface area contributed by atoms with Gasteiger partial charge in [0.25, 0.3) is 5.91 Å². The van der Waals surface area contributed by atoms with Crippen LogP contribution in [0.2, 0.25) is 0 Å². The van der Waals surface area contributed by atoms with Crippen molar-refractivity contribution in [1.29, 1.82) is 0 Å². The Morgan fingerprint density at radius 2 is 1.78 bits per heavy atom. The molecule has 0 aliphatic heterocycles. The minimum absolute atomic E-state index is 0.147. The Kier molecular flexibility index (Phi) is 5.87. The number of aryl methyl sites for hydroxylation is 1. The van der Waals surface area contributed by atoms with E-state index in [9.17, 15) is 4.79 Å². The van der Waals surface area contributed by atoms with Crippen LogP contribution in [0.25, 0.3) is 0 Å². The number of carbonyl (C=O) groups excluding carboxylic acids is 1. The number of anilines is 1. The van der Waals surface area contributed by atoms with Crippen molar-refractivity contribution in [2.75, 3.05) is 26.1 Å². The molecule has 1 amide bonds. The lowest BCUT2D eigenvalue weighted by molar-refractivity contribution is -0.118. The Bertz CT molecular complexity index is 681. The second kappa shape index (κ2) is 7.87. The molecule has 0 aliphatic rings. The molecular weight excluding hydrogens is 362 g/mol. The first-order valence-electron chi connectivity index (χ1n) is 6.95. The summed E-state index contributed by atoms with van der Waals surface area (Å²) in [5, 5.41) is 2.79. The lowest BCUT2D eigenvalue weighted by Gasteiger charge is -2.14. The van der Waals surface area contributed by atoms with Crippen LogP contribution in [0, 0.1) is 6.92 Å². The third-order valence-corrected chi connectivity index (χ3v) is 4.06. The molecule has 6 heteroatoms. The minimum atomic E-state index is -0.264. The molecule has 0 saturated carbocycles. The van der Waals surface area contributed by atoms with E-state index in [0.29, 0.717) is 22.9 Å². The molecular formula is C17H18BrNO4. The van der Waals surface area contributed by atoms with Crippen LogP contribution in [0.1, 0.15) is 5.56 Å². The van der Waals surface area contributed by atoms with E-state index in [4.69, 9.17) is 14.2 Å². The average Bonchev–Trinajstić information content (AvgIpc) is 2.55. The van der Waals surface area contributed by atoms with E-state index in [-0.39, 0.29) is 12.5 Å². The third-order valence-electron chi connectivity index (χ3n) is 3.17. The first-order chi connectivity index (χ1) is 11.0. The van der Waals surface area contributed by atoms with E-state index in [2.05, 4.69) is 21.2 Å². The van der Waals surface area contributed by atoms with Crippen LogP contribution in [-0.2, 0) is 4.79 Å². The van der Waals surface area contributed by atoms with E-state index in [1.807, 2.05) is 25.1 Å². The number of benzene rings is 2. The van der Waals surface area contributed by atoms with Gasteiger partial charge in [0.1, 0.15) is 0 Å². The van der Waals surface area contributed by atoms with E-state index in [1.54, 1.807) is 18.2 Å². The number of hydrogen-bond donors (Lipinski definition) is 1. The van der Waals surface area contributed by atoms with Crippen molar-refractivity contribution in [2.45, 2.75) is 6.92 Å². The zero-order valence-electron chi connectivity index (χ0n) is 13.2. The van der Waals surface area contributed by atoms with Gasteiger partial charge in [-0.1, -0.05) is 22.0 Å². The molecule has 23 heavy (non-hydrogen) atoms. The van der Waals surface area contributed by atoms with Crippen LogP contribution < -0.4 is 19.5 Å². The molecule has 122 valence electrons. The van der Waals surface area contributed by atoms with E-state index in [0.717, 1.165) is 10.0 Å². The molecule has 0 radical (unpaired) electrons. The molecule has 0 saturated heterocycles. The quantitative estimate of drug-likeness (QED) is 0.829. The number of ether oxygens (including phenoxy) is 3. The van der Waals surface area contributed by atoms with Crippen molar-refractivity contribution >= 4 is 27.5 Å². The summed E-state index contributed by atoms with van der Waals surface area (Å²) >= 11 is 3.42. The Morgan fingerprint density at radius 1 is 1.13 bits per heavy atom. The summed E-state index contributed by atoms with van der Waals surface area (Å²) in [5.74, 6) is 1.16. The fourth-order valence-electron chi connectivity index (χ4n) is 2.02. The Labute approximate surface area is 143 Å². The number of rotatable bonds is 6. The molecule has 0 heterocycles. The van der Waals surface area contributed by atoms with Crippen molar-refractivity contribution in [2.24, 2.45) is 0 Å². The molecule has 5 nitrogen and oxygen atoms in total. The van der Waals surface area contributed by atoms with Gasteiger partial charge >= 0.3 is 0 Å². The van der Waals surface area contributed by atoms with Gasteiger partial charge in [-0.25, -0.2) is 0 Å². The van der Waals surface area contributed by atoms with Crippen LogP contribution in [0.4, 0.5) is 5.69 Å². The summed E-state index contributed by atoms with van der Waals surface area (Å²) in [6.45, 7) is 1.81. The van der Waals surface area contributed by atoms with Crippen molar-refractivity contribution in [1.82, 2.24) is 0 Å². The SMILES string of the molecule is COc1cccc(OC)c1OCC(=O)Nc1ccc(Br)c(C)c1. The van der Waals surface area contributed by atoms with Crippen LogP contribution in [0.5, 0.6) is 17.2 Å². The minimum Gasteiger partial charge on any atom is -0.493 e. The van der Waals surface area contributed by atoms with Gasteiger partial charge in [-0.15, -0.1) is 0 Å². The van der Waals surface area contributed by atoms with Gasteiger partial charge in [-0.3, -0.25) is 4.79 Å². The number of hydrogen-bond acceptors (Lipinski definition) is 4. The van der Waals surface area contributed by atoms with Gasteiger partial charge in [0, 0.05) is 10.2 Å². The summed E-state index contributed by atoms with van der Waals surface area (Å²) in [4.78, 5) is 12.1. The van der Waals surface area contributed by atoms with E-state index >= 15 is 0 Å². The number of carbonyl (C=O) groups is 1. The fraction of sp³-hybridized carbons (Fsp3) is 0.235. The molecule has 1 N–H and O–H groups in total. The first-order valence-corrected chi connectivity index (χ1v) is 7.74. The monoisotopic (exact) mass is 379 g/mol. The van der Waals surface area contributed by atoms with Gasteiger partial charge in [0.05, 0.1) is 14.2 Å². The second-order valence-corrected chi connectivity index (χ2v) is 5.65. The molecule has 2 aromatic carbocycles. The maximum Gasteiger partial charge on any atom is 0.262 e. The lowest BCUT2D eigenvalue weighted by atomic mass is 10.2. The summed E-state index contributed by atoms with van der Waals surface area (Å²) in [6, 6.07) is 10.9. The molecule has 0 aromatic heterocycles. The number of methoxy groups -OCH3 is 2. The number of halogens is 1. The summed E-state index contributed by atoms with van der Waals surface area (Å²) in [7, 11) is 3.07. The molecule has 0 fully saturated rings. The highest BCUT2D eigenvalue weighted by atomic mass is 79.9. The van der Waals surface area contributed by atoms with Crippen LogP contribution in [0.15, 0.2) is 40.9 Å². The summed E-state index contributed by atoms with van der Waals surface area (Å²) in [6.07, 6.45) is 0. The van der Waals surface area contributed by atoms with Crippen molar-refractivity contribution in [3.05, 3.63) is 46.4 Å². The summed E-state index contributed by atoms with van der Waals surface area (Å²) < 4.78 is 17.0. The molecule has 2 rings (SSSR count). The highest BCUT2D eigenvalue weighted by molar-refractivity contribution is 9.10. The maximum atomic E-state index is 12.1. The Balaban J connectivity index is 2.03. The van der Waals surface area contributed by atoms with Crippen molar-refractivity contribution in [3.63, 3.8) is 0 Å². The number of amides is 1.